The van der Waals surface area contributed by atoms with E-state index in [1.54, 1.807) is 19.2 Å². The highest BCUT2D eigenvalue weighted by molar-refractivity contribution is 5.94. The molecular formula is C21H21N3O3. The molecule has 6 heteroatoms. The Morgan fingerprint density at radius 3 is 2.26 bits per heavy atom. The molecule has 0 bridgehead atoms. The summed E-state index contributed by atoms with van der Waals surface area (Å²) < 4.78 is 5.16. The normalized spacial score (nSPS) is 13.7. The number of nitrogens with zero attached hydrogens (tertiary/aromatic N) is 2. The van der Waals surface area contributed by atoms with Gasteiger partial charge in [0, 0.05) is 29.9 Å². The van der Waals surface area contributed by atoms with Crippen LogP contribution in [-0.4, -0.2) is 41.2 Å². The molecule has 0 saturated carbocycles. The van der Waals surface area contributed by atoms with Crippen LogP contribution in [-0.2, 0) is 0 Å². The summed E-state index contributed by atoms with van der Waals surface area (Å²) in [5, 5.41) is 9.57. The predicted octanol–water partition coefficient (Wildman–Crippen LogP) is 4.05. The average molecular weight is 363 g/mol. The lowest BCUT2D eigenvalue weighted by atomic mass is 10.1. The van der Waals surface area contributed by atoms with E-state index < -0.39 is 5.97 Å². The Bertz CT molecular complexity index is 940. The minimum Gasteiger partial charge on any atom is -0.497 e. The number of ether oxygens (including phenoxy) is 1. The number of aromatic carboxylic acids is 1. The number of aromatic nitrogens is 2. The summed E-state index contributed by atoms with van der Waals surface area (Å²) in [7, 11) is 1.59. The first-order chi connectivity index (χ1) is 13.2. The SMILES string of the molecule is COc1ccc(-c2nc(-c3ccc(N4CCCC4)cc3)[nH]c2C(=O)O)cc1. The molecule has 3 aromatic rings. The number of nitrogens with one attached hydrogen (secondary N) is 1. The first kappa shape index (κ1) is 17.1. The topological polar surface area (TPSA) is 78.5 Å². The molecule has 2 N–H and O–H groups in total. The van der Waals surface area contributed by atoms with Crippen LogP contribution in [0, 0.1) is 0 Å². The van der Waals surface area contributed by atoms with Crippen molar-refractivity contribution in [2.45, 2.75) is 12.8 Å². The van der Waals surface area contributed by atoms with Crippen molar-refractivity contribution in [3.8, 4) is 28.4 Å². The number of methoxy groups -OCH3 is 1. The number of carbonyl (C=O) groups is 1. The molecule has 6 nitrogen and oxygen atoms in total. The maximum absolute atomic E-state index is 11.7. The molecule has 1 aliphatic rings. The maximum atomic E-state index is 11.7. The number of anilines is 1. The lowest BCUT2D eigenvalue weighted by Gasteiger charge is -2.17. The highest BCUT2D eigenvalue weighted by Gasteiger charge is 2.19. The smallest absolute Gasteiger partial charge is 0.354 e. The van der Waals surface area contributed by atoms with Crippen LogP contribution in [0.15, 0.2) is 48.5 Å². The number of carboxylic acid groups (broad SMARTS) is 1. The van der Waals surface area contributed by atoms with Crippen molar-refractivity contribution >= 4 is 11.7 Å². The Morgan fingerprint density at radius 1 is 1.04 bits per heavy atom. The Balaban J connectivity index is 1.68. The van der Waals surface area contributed by atoms with E-state index in [1.807, 2.05) is 24.3 Å². The van der Waals surface area contributed by atoms with Crippen molar-refractivity contribution < 1.29 is 14.6 Å². The molecule has 4 rings (SSSR count). The summed E-state index contributed by atoms with van der Waals surface area (Å²) in [6.45, 7) is 2.18. The van der Waals surface area contributed by atoms with Gasteiger partial charge in [-0.2, -0.15) is 0 Å². The third-order valence-electron chi connectivity index (χ3n) is 4.89. The Kier molecular flexibility index (Phi) is 4.54. The second-order valence-corrected chi connectivity index (χ2v) is 6.58. The van der Waals surface area contributed by atoms with E-state index >= 15 is 0 Å². The van der Waals surface area contributed by atoms with Gasteiger partial charge in [-0.05, 0) is 61.4 Å². The number of carboxylic acids is 1. The standard InChI is InChI=1S/C21H21N3O3/c1-27-17-10-6-14(7-11-17)18-19(21(25)26)23-20(22-18)15-4-8-16(9-5-15)24-12-2-3-13-24/h4-11H,2-3,12-13H2,1H3,(H,22,23)(H,25,26). The fourth-order valence-corrected chi connectivity index (χ4v) is 3.43. The highest BCUT2D eigenvalue weighted by Crippen LogP contribution is 2.29. The van der Waals surface area contributed by atoms with Crippen LogP contribution in [0.5, 0.6) is 5.75 Å². The van der Waals surface area contributed by atoms with Gasteiger partial charge in [0.2, 0.25) is 0 Å². The summed E-state index contributed by atoms with van der Waals surface area (Å²) in [5.74, 6) is 0.225. The fraction of sp³-hybridized carbons (Fsp3) is 0.238. The summed E-state index contributed by atoms with van der Waals surface area (Å²) in [6.07, 6.45) is 2.46. The number of H-pyrrole nitrogens is 1. The lowest BCUT2D eigenvalue weighted by Crippen LogP contribution is -2.17. The Morgan fingerprint density at radius 2 is 1.67 bits per heavy atom. The van der Waals surface area contributed by atoms with Gasteiger partial charge in [0.15, 0.2) is 5.69 Å². The molecule has 0 spiro atoms. The zero-order valence-electron chi connectivity index (χ0n) is 15.1. The van der Waals surface area contributed by atoms with Crippen LogP contribution in [0.4, 0.5) is 5.69 Å². The van der Waals surface area contributed by atoms with Gasteiger partial charge in [0.1, 0.15) is 17.3 Å². The molecule has 0 amide bonds. The average Bonchev–Trinajstić information content (AvgIpc) is 3.38. The first-order valence-corrected chi connectivity index (χ1v) is 8.99. The first-order valence-electron chi connectivity index (χ1n) is 8.99. The van der Waals surface area contributed by atoms with E-state index in [4.69, 9.17) is 4.74 Å². The zero-order chi connectivity index (χ0) is 18.8. The summed E-state index contributed by atoms with van der Waals surface area (Å²) in [4.78, 5) is 21.6. The quantitative estimate of drug-likeness (QED) is 0.715. The van der Waals surface area contributed by atoms with E-state index in [0.29, 0.717) is 17.3 Å². The number of hydrogen-bond donors (Lipinski definition) is 2. The van der Waals surface area contributed by atoms with Crippen molar-refractivity contribution in [3.05, 3.63) is 54.2 Å². The molecule has 0 unspecified atom stereocenters. The number of benzene rings is 2. The molecule has 1 aliphatic heterocycles. The molecule has 0 atom stereocenters. The number of imidazole rings is 1. The second-order valence-electron chi connectivity index (χ2n) is 6.58. The number of rotatable bonds is 5. The van der Waals surface area contributed by atoms with Crippen LogP contribution in [0.1, 0.15) is 23.3 Å². The van der Waals surface area contributed by atoms with Gasteiger partial charge in [0.25, 0.3) is 0 Å². The van der Waals surface area contributed by atoms with Crippen molar-refractivity contribution in [1.29, 1.82) is 0 Å². The Hall–Kier alpha value is -3.28. The number of aromatic amines is 1. The summed E-state index contributed by atoms with van der Waals surface area (Å²) in [6, 6.07) is 15.3. The molecule has 0 aliphatic carbocycles. The van der Waals surface area contributed by atoms with E-state index in [0.717, 1.165) is 24.2 Å². The predicted molar refractivity (Wildman–Crippen MR) is 104 cm³/mol. The minimum atomic E-state index is -1.03. The molecule has 27 heavy (non-hydrogen) atoms. The Labute approximate surface area is 157 Å². The van der Waals surface area contributed by atoms with Gasteiger partial charge < -0.3 is 19.7 Å². The molecule has 0 radical (unpaired) electrons. The van der Waals surface area contributed by atoms with Gasteiger partial charge in [-0.15, -0.1) is 0 Å². The monoisotopic (exact) mass is 363 g/mol. The van der Waals surface area contributed by atoms with Crippen molar-refractivity contribution in [1.82, 2.24) is 9.97 Å². The summed E-state index contributed by atoms with van der Waals surface area (Å²) in [5.41, 5.74) is 3.28. The second kappa shape index (κ2) is 7.15. The van der Waals surface area contributed by atoms with Crippen molar-refractivity contribution in [3.63, 3.8) is 0 Å². The van der Waals surface area contributed by atoms with Crippen LogP contribution in [0.2, 0.25) is 0 Å². The fourth-order valence-electron chi connectivity index (χ4n) is 3.43. The third kappa shape index (κ3) is 3.38. The minimum absolute atomic E-state index is 0.0822. The molecule has 2 heterocycles. The largest absolute Gasteiger partial charge is 0.497 e. The van der Waals surface area contributed by atoms with Gasteiger partial charge >= 0.3 is 5.97 Å². The molecule has 2 aromatic carbocycles. The van der Waals surface area contributed by atoms with E-state index in [2.05, 4.69) is 27.0 Å². The van der Waals surface area contributed by atoms with E-state index in [-0.39, 0.29) is 5.69 Å². The maximum Gasteiger partial charge on any atom is 0.354 e. The van der Waals surface area contributed by atoms with Crippen molar-refractivity contribution in [2.75, 3.05) is 25.1 Å². The molecule has 1 fully saturated rings. The van der Waals surface area contributed by atoms with E-state index in [1.165, 1.54) is 18.5 Å². The van der Waals surface area contributed by atoms with Crippen LogP contribution >= 0.6 is 0 Å². The van der Waals surface area contributed by atoms with Crippen molar-refractivity contribution in [2.24, 2.45) is 0 Å². The zero-order valence-corrected chi connectivity index (χ0v) is 15.1. The van der Waals surface area contributed by atoms with Gasteiger partial charge in [-0.1, -0.05) is 0 Å². The molecule has 1 aromatic heterocycles. The highest BCUT2D eigenvalue weighted by atomic mass is 16.5. The van der Waals surface area contributed by atoms with Gasteiger partial charge in [0.05, 0.1) is 7.11 Å². The van der Waals surface area contributed by atoms with E-state index in [9.17, 15) is 9.90 Å². The van der Waals surface area contributed by atoms with Gasteiger partial charge in [-0.25, -0.2) is 9.78 Å². The van der Waals surface area contributed by atoms with Crippen LogP contribution in [0.3, 0.4) is 0 Å². The summed E-state index contributed by atoms with van der Waals surface area (Å²) >= 11 is 0. The van der Waals surface area contributed by atoms with Gasteiger partial charge in [-0.3, -0.25) is 0 Å². The van der Waals surface area contributed by atoms with Crippen LogP contribution < -0.4 is 9.64 Å². The molecule has 1 saturated heterocycles. The lowest BCUT2D eigenvalue weighted by molar-refractivity contribution is 0.0692. The molecular weight excluding hydrogens is 342 g/mol. The molecule has 138 valence electrons. The third-order valence-corrected chi connectivity index (χ3v) is 4.89. The van der Waals surface area contributed by atoms with Crippen LogP contribution in [0.25, 0.3) is 22.6 Å². The number of hydrogen-bond acceptors (Lipinski definition) is 4.